The Balaban J connectivity index is 0.00000363. The Labute approximate surface area is 208 Å². The van der Waals surface area contributed by atoms with E-state index >= 15 is 0 Å². The smallest absolute Gasteiger partial charge is 0.744 e. The first kappa shape index (κ1) is 27.1. The third-order valence-corrected chi connectivity index (χ3v) is 8.97. The normalized spacial score (nSPS) is 12.4. The van der Waals surface area contributed by atoms with E-state index in [1.165, 1.54) is 36.4 Å². The monoisotopic (exact) mass is 522 g/mol. The Morgan fingerprint density at radius 1 is 0.500 bits per heavy atom. The average molecular weight is 522 g/mol. The molecule has 0 heterocycles. The van der Waals surface area contributed by atoms with E-state index < -0.39 is 53.0 Å². The van der Waals surface area contributed by atoms with Gasteiger partial charge in [-0.05, 0) is 60.2 Å². The van der Waals surface area contributed by atoms with Gasteiger partial charge in [0.15, 0.2) is 0 Å². The van der Waals surface area contributed by atoms with E-state index in [4.69, 9.17) is 0 Å². The Bertz CT molecular complexity index is 1290. The van der Waals surface area contributed by atoms with Crippen molar-refractivity contribution in [3.63, 3.8) is 0 Å². The van der Waals surface area contributed by atoms with Crippen LogP contribution in [0.4, 0.5) is 0 Å². The fraction of sp³-hybridized carbons (Fsp3) is 0. The van der Waals surface area contributed by atoms with E-state index in [-0.39, 0.29) is 45.5 Å². The molecule has 0 spiro atoms. The molecule has 0 bridgehead atoms. The van der Waals surface area contributed by atoms with Gasteiger partial charge in [-0.1, -0.05) is 36.4 Å². The summed E-state index contributed by atoms with van der Waals surface area (Å²) in [6.07, 6.45) is 0. The molecule has 0 saturated carbocycles. The van der Waals surface area contributed by atoms with Crippen LogP contribution >= 0.6 is 7.92 Å². The molecule has 3 aromatic rings. The molecule has 9 nitrogen and oxygen atoms in total. The van der Waals surface area contributed by atoms with Crippen molar-refractivity contribution in [1.82, 2.24) is 0 Å². The zero-order valence-corrected chi connectivity index (χ0v) is 21.6. The van der Waals surface area contributed by atoms with Crippen LogP contribution in [0.2, 0.25) is 0 Å². The van der Waals surface area contributed by atoms with Gasteiger partial charge in [-0.3, -0.25) is 0 Å². The summed E-state index contributed by atoms with van der Waals surface area (Å²) in [7, 11) is -16.3. The van der Waals surface area contributed by atoms with Gasteiger partial charge in [0.25, 0.3) is 0 Å². The average Bonchev–Trinajstić information content (AvgIpc) is 2.67. The summed E-state index contributed by atoms with van der Waals surface area (Å²) in [6, 6.07) is 14.8. The minimum atomic E-state index is -4.82. The van der Waals surface area contributed by atoms with Crippen molar-refractivity contribution in [2.45, 2.75) is 14.7 Å². The van der Waals surface area contributed by atoms with E-state index in [2.05, 4.69) is 0 Å². The molecule has 0 fully saturated rings. The zero-order chi connectivity index (χ0) is 23.0. The minimum Gasteiger partial charge on any atom is -0.744 e. The van der Waals surface area contributed by atoms with Gasteiger partial charge in [0.1, 0.15) is 30.4 Å². The van der Waals surface area contributed by atoms with Crippen LogP contribution in [0.25, 0.3) is 0 Å². The summed E-state index contributed by atoms with van der Waals surface area (Å²) in [6.45, 7) is 0. The van der Waals surface area contributed by atoms with Crippen molar-refractivity contribution in [2.24, 2.45) is 0 Å². The number of hydrogen-bond acceptors (Lipinski definition) is 9. The molecular formula is C18H12NaO9PS3-2. The number of hydrogen-bond donors (Lipinski definition) is 0. The quantitative estimate of drug-likeness (QED) is 0.188. The fourth-order valence-corrected chi connectivity index (χ4v) is 7.00. The third kappa shape index (κ3) is 6.45. The topological polar surface area (TPSA) is 172 Å². The molecule has 14 heteroatoms. The van der Waals surface area contributed by atoms with Gasteiger partial charge in [-0.15, -0.1) is 0 Å². The first-order valence-electron chi connectivity index (χ1n) is 8.25. The number of rotatable bonds is 6. The molecule has 0 saturated heterocycles. The van der Waals surface area contributed by atoms with E-state index in [1.54, 1.807) is 0 Å². The van der Waals surface area contributed by atoms with Crippen LogP contribution in [0.1, 0.15) is 0 Å². The maximum Gasteiger partial charge on any atom is 1.00 e. The molecule has 0 atom stereocenters. The van der Waals surface area contributed by atoms with Gasteiger partial charge in [-0.2, -0.15) is 0 Å². The van der Waals surface area contributed by atoms with Crippen LogP contribution < -0.4 is 45.5 Å². The van der Waals surface area contributed by atoms with Gasteiger partial charge in [-0.25, -0.2) is 25.3 Å². The molecule has 0 aliphatic carbocycles. The SMILES string of the molecule is O=S(=O)([O-])c1cccc(P(c2cccc(S(=O)(=O)[O-])c2)c2cccc(S(=O)(=O)[O-])c2)c1.[Na+]. The first-order valence-corrected chi connectivity index (χ1v) is 13.8. The summed E-state index contributed by atoms with van der Waals surface area (Å²) in [5.41, 5.74) is 0. The van der Waals surface area contributed by atoms with Crippen LogP contribution in [0.5, 0.6) is 0 Å². The van der Waals surface area contributed by atoms with Crippen LogP contribution in [0, 0.1) is 0 Å². The number of benzene rings is 3. The molecule has 0 aliphatic rings. The van der Waals surface area contributed by atoms with Crippen molar-refractivity contribution < 1.29 is 68.5 Å². The van der Waals surface area contributed by atoms with Gasteiger partial charge < -0.3 is 13.7 Å². The van der Waals surface area contributed by atoms with Crippen LogP contribution in [-0.2, 0) is 30.4 Å². The van der Waals surface area contributed by atoms with Crippen LogP contribution in [0.15, 0.2) is 87.5 Å². The summed E-state index contributed by atoms with van der Waals surface area (Å²) in [4.78, 5) is -1.63. The Morgan fingerprint density at radius 2 is 0.750 bits per heavy atom. The van der Waals surface area contributed by atoms with Crippen molar-refractivity contribution in [1.29, 1.82) is 0 Å². The van der Waals surface area contributed by atoms with E-state index in [0.29, 0.717) is 0 Å². The molecule has 0 unspecified atom stereocenters. The Hall–Kier alpha value is -1.18. The second-order valence-electron chi connectivity index (χ2n) is 6.19. The predicted octanol–water partition coefficient (Wildman–Crippen LogP) is -2.84. The van der Waals surface area contributed by atoms with Crippen molar-refractivity contribution in [2.75, 3.05) is 0 Å². The molecule has 0 amide bonds. The Kier molecular flexibility index (Phi) is 8.44. The summed E-state index contributed by atoms with van der Waals surface area (Å²) < 4.78 is 103. The molecule has 164 valence electrons. The van der Waals surface area contributed by atoms with Crippen molar-refractivity contribution in [3.05, 3.63) is 72.8 Å². The molecule has 0 aromatic heterocycles. The van der Waals surface area contributed by atoms with Gasteiger partial charge in [0.05, 0.1) is 14.7 Å². The third-order valence-electron chi connectivity index (χ3n) is 4.09. The van der Waals surface area contributed by atoms with Crippen LogP contribution in [-0.4, -0.2) is 38.9 Å². The molecule has 32 heavy (non-hydrogen) atoms. The first-order chi connectivity index (χ1) is 14.3. The van der Waals surface area contributed by atoms with Crippen molar-refractivity contribution >= 4 is 54.2 Å². The van der Waals surface area contributed by atoms with E-state index in [1.807, 2.05) is 0 Å². The second-order valence-corrected chi connectivity index (χ2v) is 12.5. The molecule has 0 N–H and O–H groups in total. The van der Waals surface area contributed by atoms with E-state index in [0.717, 1.165) is 36.4 Å². The molecule has 0 aliphatic heterocycles. The largest absolute Gasteiger partial charge is 1.00 e. The van der Waals surface area contributed by atoms with Gasteiger partial charge >= 0.3 is 29.6 Å². The predicted molar refractivity (Wildman–Crippen MR) is 109 cm³/mol. The molecule has 3 aromatic carbocycles. The molecule has 0 radical (unpaired) electrons. The maximum absolute atomic E-state index is 11.5. The van der Waals surface area contributed by atoms with E-state index in [9.17, 15) is 38.9 Å². The van der Waals surface area contributed by atoms with Crippen LogP contribution in [0.3, 0.4) is 0 Å². The fourth-order valence-electron chi connectivity index (χ4n) is 2.78. The molecular weight excluding hydrogens is 510 g/mol. The minimum absolute atomic E-state index is 0. The van der Waals surface area contributed by atoms with Crippen molar-refractivity contribution in [3.8, 4) is 0 Å². The Morgan fingerprint density at radius 3 is 0.969 bits per heavy atom. The summed E-state index contributed by atoms with van der Waals surface area (Å²) in [5, 5.41) is 0.772. The summed E-state index contributed by atoms with van der Waals surface area (Å²) in [5.74, 6) is 0. The standard InChI is InChI=1S/C18H15O9PS3.Na/c19-29(20,21)16-7-1-4-13(10-16)28(14-5-2-8-17(11-14)30(22,23)24)15-6-3-9-18(12-15)31(25,26)27;/h1-12H,(H,19,20,21)(H,22,23,24)(H,25,26,27);/q;+1/p-3. The zero-order valence-electron chi connectivity index (χ0n) is 16.3. The van der Waals surface area contributed by atoms with Gasteiger partial charge in [0.2, 0.25) is 0 Å². The maximum atomic E-state index is 11.5. The molecule has 3 rings (SSSR count). The second kappa shape index (κ2) is 9.98. The summed E-state index contributed by atoms with van der Waals surface area (Å²) >= 11 is 0. The van der Waals surface area contributed by atoms with Gasteiger partial charge in [0, 0.05) is 0 Å².